The number of anilines is 1. The summed E-state index contributed by atoms with van der Waals surface area (Å²) >= 11 is 12.2. The average molecular weight is 319 g/mol. The van der Waals surface area contributed by atoms with Gasteiger partial charge in [-0.25, -0.2) is 0 Å². The van der Waals surface area contributed by atoms with Gasteiger partial charge in [0.15, 0.2) is 0 Å². The van der Waals surface area contributed by atoms with Gasteiger partial charge < -0.3 is 5.32 Å². The Morgan fingerprint density at radius 3 is 2.38 bits per heavy atom. The molecule has 0 amide bonds. The molecule has 1 aromatic heterocycles. The van der Waals surface area contributed by atoms with Crippen LogP contribution in [0.2, 0.25) is 10.0 Å². The molecule has 1 N–H and O–H groups in total. The predicted octanol–water partition coefficient (Wildman–Crippen LogP) is 4.19. The molecular weight excluding hydrogens is 307 g/mol. The largest absolute Gasteiger partial charge is 0.381 e. The topological polar surface area (TPSA) is 42.7 Å². The first kappa shape index (κ1) is 13.9. The monoisotopic (exact) mass is 318 g/mol. The van der Waals surface area contributed by atoms with Crippen molar-refractivity contribution in [3.05, 3.63) is 70.5 Å². The van der Waals surface area contributed by atoms with Gasteiger partial charge in [-0.05, 0) is 35.9 Å². The quantitative estimate of drug-likeness (QED) is 0.784. The van der Waals surface area contributed by atoms with E-state index in [9.17, 15) is 0 Å². The van der Waals surface area contributed by atoms with Crippen molar-refractivity contribution in [1.29, 1.82) is 0 Å². The maximum absolute atomic E-state index is 6.16. The molecule has 4 nitrogen and oxygen atoms in total. The van der Waals surface area contributed by atoms with Crippen LogP contribution in [-0.2, 0) is 6.54 Å². The van der Waals surface area contributed by atoms with E-state index in [1.807, 2.05) is 36.4 Å². The van der Waals surface area contributed by atoms with Crippen LogP contribution >= 0.6 is 23.2 Å². The predicted molar refractivity (Wildman–Crippen MR) is 85.1 cm³/mol. The molecule has 6 heteroatoms. The van der Waals surface area contributed by atoms with Crippen LogP contribution in [0.5, 0.6) is 0 Å². The molecule has 0 saturated carbocycles. The third-order valence-electron chi connectivity index (χ3n) is 3.03. The Hall–Kier alpha value is -2.04. The Bertz CT molecular complexity index is 724. The van der Waals surface area contributed by atoms with Gasteiger partial charge in [0.2, 0.25) is 0 Å². The zero-order chi connectivity index (χ0) is 14.7. The Balaban J connectivity index is 1.70. The molecule has 0 unspecified atom stereocenters. The van der Waals surface area contributed by atoms with E-state index in [4.69, 9.17) is 23.2 Å². The van der Waals surface area contributed by atoms with Crippen LogP contribution in [0.1, 0.15) is 5.56 Å². The van der Waals surface area contributed by atoms with Crippen molar-refractivity contribution in [2.24, 2.45) is 0 Å². The van der Waals surface area contributed by atoms with Gasteiger partial charge in [0, 0.05) is 12.2 Å². The summed E-state index contributed by atoms with van der Waals surface area (Å²) in [5, 5.41) is 12.6. The number of hydrogen-bond acceptors (Lipinski definition) is 3. The summed E-state index contributed by atoms with van der Waals surface area (Å²) < 4.78 is 0. The van der Waals surface area contributed by atoms with Gasteiger partial charge in [-0.1, -0.05) is 35.3 Å². The summed E-state index contributed by atoms with van der Waals surface area (Å²) in [6.45, 7) is 0.610. The zero-order valence-corrected chi connectivity index (χ0v) is 12.5. The van der Waals surface area contributed by atoms with Gasteiger partial charge >= 0.3 is 0 Å². The van der Waals surface area contributed by atoms with Crippen molar-refractivity contribution in [3.8, 4) is 5.69 Å². The number of hydrogen-bond donors (Lipinski definition) is 1. The lowest BCUT2D eigenvalue weighted by atomic mass is 10.2. The smallest absolute Gasteiger partial charge is 0.0858 e. The van der Waals surface area contributed by atoms with Gasteiger partial charge in [0.05, 0.1) is 28.1 Å². The van der Waals surface area contributed by atoms with E-state index >= 15 is 0 Å². The standard InChI is InChI=1S/C15H12Cl2N4/c16-14-3-1-2-11(15(14)17)10-18-12-4-6-13(7-5-12)21-19-8-9-20-21/h1-9,18H,10H2. The molecule has 0 aliphatic rings. The Morgan fingerprint density at radius 2 is 1.67 bits per heavy atom. The minimum atomic E-state index is 0.566. The van der Waals surface area contributed by atoms with Crippen molar-refractivity contribution in [2.75, 3.05) is 5.32 Å². The molecule has 2 aromatic carbocycles. The lowest BCUT2D eigenvalue weighted by Gasteiger charge is -2.09. The summed E-state index contributed by atoms with van der Waals surface area (Å²) in [6.07, 6.45) is 3.29. The molecule has 0 bridgehead atoms. The Morgan fingerprint density at radius 1 is 0.952 bits per heavy atom. The minimum Gasteiger partial charge on any atom is -0.381 e. The SMILES string of the molecule is Clc1cccc(CNc2ccc(-n3nccn3)cc2)c1Cl. The molecule has 0 fully saturated rings. The Kier molecular flexibility index (Phi) is 4.08. The van der Waals surface area contributed by atoms with Crippen LogP contribution < -0.4 is 5.32 Å². The highest BCUT2D eigenvalue weighted by Crippen LogP contribution is 2.26. The number of nitrogens with zero attached hydrogens (tertiary/aromatic N) is 3. The van der Waals surface area contributed by atoms with Gasteiger partial charge in [-0.15, -0.1) is 0 Å². The van der Waals surface area contributed by atoms with Crippen LogP contribution in [0, 0.1) is 0 Å². The van der Waals surface area contributed by atoms with Crippen molar-refractivity contribution in [1.82, 2.24) is 15.0 Å². The van der Waals surface area contributed by atoms with Crippen molar-refractivity contribution in [3.63, 3.8) is 0 Å². The van der Waals surface area contributed by atoms with Gasteiger partial charge in [-0.3, -0.25) is 0 Å². The maximum atomic E-state index is 6.16. The lowest BCUT2D eigenvalue weighted by Crippen LogP contribution is -2.02. The maximum Gasteiger partial charge on any atom is 0.0858 e. The minimum absolute atomic E-state index is 0.566. The van der Waals surface area contributed by atoms with Crippen molar-refractivity contribution < 1.29 is 0 Å². The molecule has 0 atom stereocenters. The highest BCUT2D eigenvalue weighted by molar-refractivity contribution is 6.42. The van der Waals surface area contributed by atoms with Crippen LogP contribution in [0.3, 0.4) is 0 Å². The van der Waals surface area contributed by atoms with Gasteiger partial charge in [0.1, 0.15) is 0 Å². The van der Waals surface area contributed by atoms with Gasteiger partial charge in [0.25, 0.3) is 0 Å². The van der Waals surface area contributed by atoms with Crippen molar-refractivity contribution in [2.45, 2.75) is 6.54 Å². The first-order chi connectivity index (χ1) is 10.2. The summed E-state index contributed by atoms with van der Waals surface area (Å²) in [5.41, 5.74) is 2.86. The van der Waals surface area contributed by atoms with Crippen LogP contribution in [0.15, 0.2) is 54.9 Å². The fourth-order valence-corrected chi connectivity index (χ4v) is 2.33. The highest BCUT2D eigenvalue weighted by atomic mass is 35.5. The van der Waals surface area contributed by atoms with E-state index < -0.39 is 0 Å². The van der Waals surface area contributed by atoms with E-state index in [2.05, 4.69) is 15.5 Å². The number of halogens is 2. The molecule has 0 aliphatic heterocycles. The molecule has 0 radical (unpaired) electrons. The second-order valence-electron chi connectivity index (χ2n) is 4.43. The second kappa shape index (κ2) is 6.16. The summed E-state index contributed by atoms with van der Waals surface area (Å²) in [6, 6.07) is 13.4. The van der Waals surface area contributed by atoms with E-state index in [-0.39, 0.29) is 0 Å². The van der Waals surface area contributed by atoms with Gasteiger partial charge in [-0.2, -0.15) is 15.0 Å². The number of aromatic nitrogens is 3. The first-order valence-corrected chi connectivity index (χ1v) is 7.13. The number of nitrogens with one attached hydrogen (secondary N) is 1. The zero-order valence-electron chi connectivity index (χ0n) is 11.0. The number of rotatable bonds is 4. The van der Waals surface area contributed by atoms with Crippen molar-refractivity contribution >= 4 is 28.9 Å². The van der Waals surface area contributed by atoms with Crippen LogP contribution in [0.25, 0.3) is 5.69 Å². The third kappa shape index (κ3) is 3.17. The number of benzene rings is 2. The van der Waals surface area contributed by atoms with E-state index in [0.717, 1.165) is 16.9 Å². The Labute approximate surface area is 132 Å². The molecule has 0 spiro atoms. The summed E-state index contributed by atoms with van der Waals surface area (Å²) in [5.74, 6) is 0. The highest BCUT2D eigenvalue weighted by Gasteiger charge is 2.04. The van der Waals surface area contributed by atoms with E-state index in [1.54, 1.807) is 23.3 Å². The fourth-order valence-electron chi connectivity index (χ4n) is 1.94. The normalized spacial score (nSPS) is 10.6. The molecule has 21 heavy (non-hydrogen) atoms. The third-order valence-corrected chi connectivity index (χ3v) is 3.89. The summed E-state index contributed by atoms with van der Waals surface area (Å²) in [4.78, 5) is 1.57. The molecule has 1 heterocycles. The molecule has 106 valence electrons. The molecule has 0 saturated heterocycles. The summed E-state index contributed by atoms with van der Waals surface area (Å²) in [7, 11) is 0. The molecular formula is C15H12Cl2N4. The average Bonchev–Trinajstić information content (AvgIpc) is 3.04. The lowest BCUT2D eigenvalue weighted by molar-refractivity contribution is 0.752. The first-order valence-electron chi connectivity index (χ1n) is 6.37. The van der Waals surface area contributed by atoms with E-state index in [0.29, 0.717) is 16.6 Å². The van der Waals surface area contributed by atoms with E-state index in [1.165, 1.54) is 0 Å². The molecule has 3 aromatic rings. The van der Waals surface area contributed by atoms with Crippen LogP contribution in [0.4, 0.5) is 5.69 Å². The molecule has 3 rings (SSSR count). The molecule has 0 aliphatic carbocycles. The fraction of sp³-hybridized carbons (Fsp3) is 0.0667. The van der Waals surface area contributed by atoms with Crippen LogP contribution in [-0.4, -0.2) is 15.0 Å². The second-order valence-corrected chi connectivity index (χ2v) is 5.22.